The van der Waals surface area contributed by atoms with Crippen molar-refractivity contribution in [3.8, 4) is 5.75 Å². The molecule has 2 aromatic carbocycles. The third-order valence-corrected chi connectivity index (χ3v) is 5.80. The van der Waals surface area contributed by atoms with Crippen molar-refractivity contribution in [2.24, 2.45) is 15.4 Å². The number of anilines is 2. The van der Waals surface area contributed by atoms with Crippen LogP contribution in [-0.2, 0) is 0 Å². The van der Waals surface area contributed by atoms with E-state index in [0.717, 1.165) is 50.4 Å². The van der Waals surface area contributed by atoms with Gasteiger partial charge in [0.1, 0.15) is 18.1 Å². The molecule has 6 nitrogen and oxygen atoms in total. The summed E-state index contributed by atoms with van der Waals surface area (Å²) >= 11 is 1.72. The maximum Gasteiger partial charge on any atom is 0.139 e. The number of pyridine rings is 1. The fourth-order valence-corrected chi connectivity index (χ4v) is 4.31. The summed E-state index contributed by atoms with van der Waals surface area (Å²) in [6.07, 6.45) is 0. The first-order valence-electron chi connectivity index (χ1n) is 8.89. The number of thiophene rings is 1. The maximum atomic E-state index is 5.45. The number of aryl methyl sites for hydroxylation is 1. The van der Waals surface area contributed by atoms with Gasteiger partial charge in [-0.15, -0.1) is 16.4 Å². The summed E-state index contributed by atoms with van der Waals surface area (Å²) in [4.78, 5) is 4.92. The summed E-state index contributed by atoms with van der Waals surface area (Å²) in [5.41, 5.74) is 4.83. The number of hydrogen-bond acceptors (Lipinski definition) is 7. The van der Waals surface area contributed by atoms with Crippen molar-refractivity contribution in [3.05, 3.63) is 59.0 Å². The Kier molecular flexibility index (Phi) is 4.02. The molecule has 0 saturated carbocycles. The van der Waals surface area contributed by atoms with Gasteiger partial charge in [0.2, 0.25) is 0 Å². The second kappa shape index (κ2) is 6.69. The number of rotatable bonds is 4. The zero-order valence-electron chi connectivity index (χ0n) is 15.4. The van der Waals surface area contributed by atoms with Crippen LogP contribution in [0.15, 0.2) is 63.3 Å². The second-order valence-electron chi connectivity index (χ2n) is 6.60. The lowest BCUT2D eigenvalue weighted by molar-refractivity contribution is 0.412. The number of nitrogens with one attached hydrogen (secondary N) is 1. The van der Waals surface area contributed by atoms with E-state index in [1.54, 1.807) is 18.4 Å². The van der Waals surface area contributed by atoms with Crippen LogP contribution < -0.4 is 10.1 Å². The zero-order chi connectivity index (χ0) is 19.1. The molecule has 4 aromatic rings. The monoisotopic (exact) mass is 387 g/mol. The molecule has 1 N–H and O–H groups in total. The Morgan fingerprint density at radius 1 is 1.07 bits per heavy atom. The molecule has 7 heteroatoms. The summed E-state index contributed by atoms with van der Waals surface area (Å²) in [6, 6.07) is 14.4. The first-order valence-corrected chi connectivity index (χ1v) is 9.77. The molecule has 2 aromatic heterocycles. The average molecular weight is 387 g/mol. The minimum atomic E-state index is 0.515. The molecule has 0 radical (unpaired) electrons. The van der Waals surface area contributed by atoms with Crippen LogP contribution in [0.4, 0.5) is 11.5 Å². The van der Waals surface area contributed by atoms with Gasteiger partial charge >= 0.3 is 0 Å². The zero-order valence-corrected chi connectivity index (χ0v) is 16.2. The van der Waals surface area contributed by atoms with Gasteiger partial charge in [-0.1, -0.05) is 18.2 Å². The molecular weight excluding hydrogens is 370 g/mol. The highest BCUT2D eigenvalue weighted by molar-refractivity contribution is 7.18. The summed E-state index contributed by atoms with van der Waals surface area (Å²) in [5, 5.41) is 19.6. The molecule has 0 atom stereocenters. The summed E-state index contributed by atoms with van der Waals surface area (Å²) in [6.45, 7) is 2.54. The second-order valence-corrected chi connectivity index (χ2v) is 7.52. The number of hydrogen-bond donors (Lipinski definition) is 1. The summed E-state index contributed by atoms with van der Waals surface area (Å²) < 4.78 is 6.66. The van der Waals surface area contributed by atoms with Crippen LogP contribution in [-0.4, -0.2) is 24.4 Å². The molecule has 0 spiro atoms. The number of nitrogens with zero attached hydrogens (tertiary/aromatic N) is 4. The van der Waals surface area contributed by atoms with Crippen LogP contribution >= 0.6 is 11.3 Å². The lowest BCUT2D eigenvalue weighted by Crippen LogP contribution is -2.02. The average Bonchev–Trinajstić information content (AvgIpc) is 3.41. The Labute approximate surface area is 165 Å². The lowest BCUT2D eigenvalue weighted by Gasteiger charge is -2.12. The molecule has 28 heavy (non-hydrogen) atoms. The van der Waals surface area contributed by atoms with E-state index >= 15 is 0 Å². The quantitative estimate of drug-likeness (QED) is 0.490. The molecule has 0 fully saturated rings. The maximum absolute atomic E-state index is 5.45. The van der Waals surface area contributed by atoms with Crippen molar-refractivity contribution in [2.75, 3.05) is 19.0 Å². The van der Waals surface area contributed by atoms with E-state index in [2.05, 4.69) is 50.4 Å². The van der Waals surface area contributed by atoms with E-state index in [9.17, 15) is 0 Å². The van der Waals surface area contributed by atoms with Gasteiger partial charge in [-0.2, -0.15) is 5.11 Å². The molecule has 0 amide bonds. The molecule has 5 rings (SSSR count). The Morgan fingerprint density at radius 2 is 2.00 bits per heavy atom. The predicted molar refractivity (Wildman–Crippen MR) is 114 cm³/mol. The first-order chi connectivity index (χ1) is 13.7. The van der Waals surface area contributed by atoms with Crippen LogP contribution in [0.1, 0.15) is 11.1 Å². The summed E-state index contributed by atoms with van der Waals surface area (Å²) in [5.74, 6) is 1.68. The number of fused-ring (bicyclic) bond motifs is 3. The van der Waals surface area contributed by atoms with E-state index in [-0.39, 0.29) is 0 Å². The van der Waals surface area contributed by atoms with E-state index in [1.807, 2.05) is 25.1 Å². The summed E-state index contributed by atoms with van der Waals surface area (Å²) in [7, 11) is 1.68. The van der Waals surface area contributed by atoms with Gasteiger partial charge in [0, 0.05) is 32.8 Å². The smallest absolute Gasteiger partial charge is 0.139 e. The highest BCUT2D eigenvalue weighted by Gasteiger charge is 2.14. The van der Waals surface area contributed by atoms with Crippen LogP contribution in [0.5, 0.6) is 5.75 Å². The van der Waals surface area contributed by atoms with E-state index in [1.165, 1.54) is 4.70 Å². The predicted octanol–water partition coefficient (Wildman–Crippen LogP) is 5.68. The van der Waals surface area contributed by atoms with E-state index < -0.39 is 0 Å². The van der Waals surface area contributed by atoms with Gasteiger partial charge in [0.05, 0.1) is 18.3 Å². The molecule has 0 aliphatic carbocycles. The van der Waals surface area contributed by atoms with Gasteiger partial charge in [0.15, 0.2) is 0 Å². The fraction of sp³-hybridized carbons (Fsp3) is 0.143. The number of methoxy groups -OCH3 is 1. The van der Waals surface area contributed by atoms with Crippen LogP contribution in [0, 0.1) is 6.92 Å². The first kappa shape index (κ1) is 16.8. The minimum absolute atomic E-state index is 0.515. The third kappa shape index (κ3) is 2.80. The molecule has 1 aliphatic rings. The Bertz CT molecular complexity index is 1270. The highest BCUT2D eigenvalue weighted by atomic mass is 32.1. The van der Waals surface area contributed by atoms with Gasteiger partial charge < -0.3 is 10.1 Å². The van der Waals surface area contributed by atoms with Crippen molar-refractivity contribution in [1.82, 2.24) is 4.98 Å². The van der Waals surface area contributed by atoms with Crippen molar-refractivity contribution in [3.63, 3.8) is 0 Å². The molecule has 1 aliphatic heterocycles. The molecule has 0 bridgehead atoms. The molecule has 3 heterocycles. The van der Waals surface area contributed by atoms with Gasteiger partial charge in [-0.05, 0) is 41.3 Å². The van der Waals surface area contributed by atoms with Crippen LogP contribution in [0.3, 0.4) is 0 Å². The van der Waals surface area contributed by atoms with Crippen molar-refractivity contribution < 1.29 is 4.74 Å². The van der Waals surface area contributed by atoms with Crippen molar-refractivity contribution >= 4 is 49.5 Å². The SMILES string of the molecule is COc1cc(Nc2nc3cc(C4=NN=NC4)ccc3c3sccc23)ccc1C. The number of aromatic nitrogens is 1. The Balaban J connectivity index is 1.63. The number of benzene rings is 2. The normalized spacial score (nSPS) is 13.3. The van der Waals surface area contributed by atoms with Gasteiger partial charge in [-0.25, -0.2) is 4.98 Å². The topological polar surface area (TPSA) is 71.2 Å². The van der Waals surface area contributed by atoms with Gasteiger partial charge in [0.25, 0.3) is 0 Å². The van der Waals surface area contributed by atoms with E-state index in [0.29, 0.717) is 6.54 Å². The standard InChI is InChI=1S/C21H17N5OS/c1-12-3-5-14(10-19(12)27-2)23-21-16-7-8-28-20(16)15-6-4-13(9-17(15)24-21)18-11-22-26-25-18/h3-10H,11H2,1-2H3,(H,23,24). The van der Waals surface area contributed by atoms with Crippen LogP contribution in [0.25, 0.3) is 21.0 Å². The molecule has 0 saturated heterocycles. The van der Waals surface area contributed by atoms with Crippen LogP contribution in [0.2, 0.25) is 0 Å². The Morgan fingerprint density at radius 3 is 2.82 bits per heavy atom. The van der Waals surface area contributed by atoms with Crippen molar-refractivity contribution in [1.29, 1.82) is 0 Å². The van der Waals surface area contributed by atoms with Gasteiger partial charge in [-0.3, -0.25) is 0 Å². The minimum Gasteiger partial charge on any atom is -0.496 e. The molecular formula is C21H17N5OS. The van der Waals surface area contributed by atoms with Crippen molar-refractivity contribution in [2.45, 2.75) is 6.92 Å². The lowest BCUT2D eigenvalue weighted by atomic mass is 10.1. The molecule has 0 unspecified atom stereocenters. The largest absolute Gasteiger partial charge is 0.496 e. The highest BCUT2D eigenvalue weighted by Crippen LogP contribution is 2.36. The number of ether oxygens (including phenoxy) is 1. The Hall–Kier alpha value is -3.32. The molecule has 138 valence electrons. The fourth-order valence-electron chi connectivity index (χ4n) is 3.38. The van der Waals surface area contributed by atoms with E-state index in [4.69, 9.17) is 9.72 Å². The third-order valence-electron chi connectivity index (χ3n) is 4.85.